The maximum atomic E-state index is 6.17. The van der Waals surface area contributed by atoms with Gasteiger partial charge in [0, 0.05) is 22.7 Å². The van der Waals surface area contributed by atoms with Crippen LogP contribution in [0, 0.1) is 17.4 Å². The van der Waals surface area contributed by atoms with Crippen LogP contribution in [0.3, 0.4) is 0 Å². The summed E-state index contributed by atoms with van der Waals surface area (Å²) in [5, 5.41) is 0.701. The molecule has 0 atom stereocenters. The van der Waals surface area contributed by atoms with Crippen LogP contribution in [0.5, 0.6) is 11.5 Å². The summed E-state index contributed by atoms with van der Waals surface area (Å²) in [5.74, 6) is 1.58. The Bertz CT molecular complexity index is 787. The van der Waals surface area contributed by atoms with Crippen molar-refractivity contribution < 1.29 is 4.74 Å². The minimum Gasteiger partial charge on any atom is -0.457 e. The van der Waals surface area contributed by atoms with Crippen LogP contribution in [-0.4, -0.2) is 24.3 Å². The summed E-state index contributed by atoms with van der Waals surface area (Å²) in [6.07, 6.45) is 4.47. The molecule has 3 rings (SSSR count). The van der Waals surface area contributed by atoms with E-state index in [4.69, 9.17) is 16.3 Å². The van der Waals surface area contributed by atoms with Crippen LogP contribution in [0.15, 0.2) is 35.3 Å². The summed E-state index contributed by atoms with van der Waals surface area (Å²) in [5.41, 5.74) is 3.12. The Morgan fingerprint density at radius 3 is 2.62 bits per heavy atom. The predicted molar refractivity (Wildman–Crippen MR) is 109 cm³/mol. The third-order valence-electron chi connectivity index (χ3n) is 4.11. The van der Waals surface area contributed by atoms with E-state index in [9.17, 15) is 0 Å². The summed E-state index contributed by atoms with van der Waals surface area (Å²) in [6, 6.07) is 10.5. The van der Waals surface area contributed by atoms with Gasteiger partial charge in [0.25, 0.3) is 0 Å². The monoisotopic (exact) mass is 454 g/mol. The molecule has 5 heteroatoms. The molecule has 0 saturated heterocycles. The van der Waals surface area contributed by atoms with Crippen LogP contribution in [-0.2, 0) is 0 Å². The van der Waals surface area contributed by atoms with E-state index in [-0.39, 0.29) is 0 Å². The average Bonchev–Trinajstić information content (AvgIpc) is 3.37. The maximum absolute atomic E-state index is 6.17. The van der Waals surface area contributed by atoms with Gasteiger partial charge in [0.1, 0.15) is 11.5 Å². The number of aliphatic imine (C=N–C) groups is 1. The molecule has 0 aliphatic heterocycles. The molecule has 0 heterocycles. The number of hydrogen-bond donors (Lipinski definition) is 0. The Kier molecular flexibility index (Phi) is 5.35. The molecule has 0 N–H and O–H groups in total. The molecule has 2 aromatic rings. The predicted octanol–water partition coefficient (Wildman–Crippen LogP) is 6.11. The standard InChI is InChI=1S/C19H20ClIN2O/c1-12-9-19(24-15-6-7-17(21)16(20)10-15)13(2)8-18(12)22-11-23(3)14-4-5-14/h6-11,14H,4-5H2,1-3H3/b22-11+. The highest BCUT2D eigenvalue weighted by atomic mass is 127. The smallest absolute Gasteiger partial charge is 0.130 e. The van der Waals surface area contributed by atoms with Gasteiger partial charge in [-0.2, -0.15) is 0 Å². The Morgan fingerprint density at radius 2 is 1.96 bits per heavy atom. The fourth-order valence-corrected chi connectivity index (χ4v) is 2.93. The van der Waals surface area contributed by atoms with E-state index in [1.165, 1.54) is 12.8 Å². The van der Waals surface area contributed by atoms with E-state index in [0.717, 1.165) is 31.9 Å². The number of benzene rings is 2. The van der Waals surface area contributed by atoms with E-state index in [1.54, 1.807) is 0 Å². The van der Waals surface area contributed by atoms with Gasteiger partial charge in [-0.1, -0.05) is 11.6 Å². The second kappa shape index (κ2) is 7.31. The number of hydrogen-bond acceptors (Lipinski definition) is 2. The van der Waals surface area contributed by atoms with Gasteiger partial charge >= 0.3 is 0 Å². The van der Waals surface area contributed by atoms with Gasteiger partial charge in [0.05, 0.1) is 17.0 Å². The number of rotatable bonds is 5. The number of aryl methyl sites for hydroxylation is 2. The van der Waals surface area contributed by atoms with Crippen LogP contribution >= 0.6 is 34.2 Å². The lowest BCUT2D eigenvalue weighted by molar-refractivity contribution is 0.478. The van der Waals surface area contributed by atoms with Gasteiger partial charge in [-0.25, -0.2) is 4.99 Å². The molecule has 1 aliphatic carbocycles. The Balaban J connectivity index is 1.79. The molecule has 1 fully saturated rings. The first-order valence-electron chi connectivity index (χ1n) is 7.94. The van der Waals surface area contributed by atoms with Crippen molar-refractivity contribution in [2.75, 3.05) is 7.05 Å². The molecular formula is C19H20ClIN2O. The van der Waals surface area contributed by atoms with Crippen LogP contribution < -0.4 is 4.74 Å². The van der Waals surface area contributed by atoms with Crippen LogP contribution in [0.2, 0.25) is 5.02 Å². The molecule has 24 heavy (non-hydrogen) atoms. The molecule has 0 spiro atoms. The lowest BCUT2D eigenvalue weighted by Crippen LogP contribution is -2.17. The van der Waals surface area contributed by atoms with E-state index in [0.29, 0.717) is 11.1 Å². The van der Waals surface area contributed by atoms with Crippen molar-refractivity contribution in [2.45, 2.75) is 32.7 Å². The van der Waals surface area contributed by atoms with E-state index < -0.39 is 0 Å². The molecule has 0 unspecified atom stereocenters. The SMILES string of the molecule is Cc1cc(Oc2ccc(I)c(Cl)c2)c(C)cc1/N=C/N(C)C1CC1. The van der Waals surface area contributed by atoms with Crippen molar-refractivity contribution in [1.82, 2.24) is 4.90 Å². The van der Waals surface area contributed by atoms with Crippen LogP contribution in [0.25, 0.3) is 0 Å². The Hall–Kier alpha value is -1.27. The highest BCUT2D eigenvalue weighted by Gasteiger charge is 2.24. The van der Waals surface area contributed by atoms with Crippen LogP contribution in [0.1, 0.15) is 24.0 Å². The molecule has 0 amide bonds. The zero-order valence-electron chi connectivity index (χ0n) is 14.0. The molecule has 3 nitrogen and oxygen atoms in total. The Labute approximate surface area is 161 Å². The van der Waals surface area contributed by atoms with Crippen molar-refractivity contribution in [3.63, 3.8) is 0 Å². The van der Waals surface area contributed by atoms with Crippen molar-refractivity contribution in [3.05, 3.63) is 50.1 Å². The zero-order valence-corrected chi connectivity index (χ0v) is 16.9. The minimum absolute atomic E-state index is 0.670. The summed E-state index contributed by atoms with van der Waals surface area (Å²) in [4.78, 5) is 6.81. The lowest BCUT2D eigenvalue weighted by Gasteiger charge is -2.13. The molecule has 0 aromatic heterocycles. The van der Waals surface area contributed by atoms with Gasteiger partial charge in [0.15, 0.2) is 0 Å². The van der Waals surface area contributed by atoms with Crippen LogP contribution in [0.4, 0.5) is 5.69 Å². The first kappa shape index (κ1) is 17.5. The second-order valence-electron chi connectivity index (χ2n) is 6.22. The highest BCUT2D eigenvalue weighted by molar-refractivity contribution is 14.1. The fourth-order valence-electron chi connectivity index (χ4n) is 2.42. The number of halogens is 2. The van der Waals surface area contributed by atoms with Crippen molar-refractivity contribution in [1.29, 1.82) is 0 Å². The molecule has 0 radical (unpaired) electrons. The molecule has 0 bridgehead atoms. The van der Waals surface area contributed by atoms with E-state index >= 15 is 0 Å². The van der Waals surface area contributed by atoms with Crippen molar-refractivity contribution >= 4 is 46.2 Å². The normalized spacial score (nSPS) is 14.2. The van der Waals surface area contributed by atoms with E-state index in [1.807, 2.05) is 37.5 Å². The zero-order chi connectivity index (χ0) is 17.3. The summed E-state index contributed by atoms with van der Waals surface area (Å²) in [6.45, 7) is 4.09. The third-order valence-corrected chi connectivity index (χ3v) is 5.69. The van der Waals surface area contributed by atoms with E-state index in [2.05, 4.69) is 52.5 Å². The van der Waals surface area contributed by atoms with Gasteiger partial charge in [0.2, 0.25) is 0 Å². The van der Waals surface area contributed by atoms with Gasteiger partial charge in [-0.3, -0.25) is 0 Å². The average molecular weight is 455 g/mol. The summed E-state index contributed by atoms with van der Waals surface area (Å²) >= 11 is 8.37. The first-order chi connectivity index (χ1) is 11.4. The summed E-state index contributed by atoms with van der Waals surface area (Å²) < 4.78 is 7.02. The van der Waals surface area contributed by atoms with Gasteiger partial charge in [-0.05, 0) is 84.7 Å². The molecule has 2 aromatic carbocycles. The molecular weight excluding hydrogens is 435 g/mol. The molecule has 126 valence electrons. The molecule has 1 saturated carbocycles. The lowest BCUT2D eigenvalue weighted by atomic mass is 10.1. The molecule has 1 aliphatic rings. The topological polar surface area (TPSA) is 24.8 Å². The first-order valence-corrected chi connectivity index (χ1v) is 9.40. The summed E-state index contributed by atoms with van der Waals surface area (Å²) in [7, 11) is 2.08. The van der Waals surface area contributed by atoms with Crippen molar-refractivity contribution in [3.8, 4) is 11.5 Å². The maximum Gasteiger partial charge on any atom is 0.130 e. The van der Waals surface area contributed by atoms with Gasteiger partial charge < -0.3 is 9.64 Å². The third kappa shape index (κ3) is 4.22. The quantitative estimate of drug-likeness (QED) is 0.309. The highest BCUT2D eigenvalue weighted by Crippen LogP contribution is 2.33. The largest absolute Gasteiger partial charge is 0.457 e. The fraction of sp³-hybridized carbons (Fsp3) is 0.316. The van der Waals surface area contributed by atoms with Gasteiger partial charge in [-0.15, -0.1) is 0 Å². The second-order valence-corrected chi connectivity index (χ2v) is 7.79. The number of ether oxygens (including phenoxy) is 1. The Morgan fingerprint density at radius 1 is 1.21 bits per heavy atom. The number of nitrogens with zero attached hydrogens (tertiary/aromatic N) is 2. The minimum atomic E-state index is 0.670. The van der Waals surface area contributed by atoms with Crippen molar-refractivity contribution in [2.24, 2.45) is 4.99 Å².